The van der Waals surface area contributed by atoms with Crippen molar-refractivity contribution in [3.05, 3.63) is 27.1 Å². The van der Waals surface area contributed by atoms with Gasteiger partial charge in [-0.1, -0.05) is 0 Å². The molecule has 0 saturated heterocycles. The van der Waals surface area contributed by atoms with Crippen LogP contribution in [-0.2, 0) is 4.79 Å². The highest BCUT2D eigenvalue weighted by atomic mass is 32.1. The molecule has 0 fully saturated rings. The van der Waals surface area contributed by atoms with E-state index in [-0.39, 0.29) is 10.3 Å². The second kappa shape index (κ2) is 4.47. The summed E-state index contributed by atoms with van der Waals surface area (Å²) in [6, 6.07) is -1.03. The lowest BCUT2D eigenvalue weighted by Gasteiger charge is -2.09. The quantitative estimate of drug-likeness (QED) is 0.850. The minimum absolute atomic E-state index is 0.245. The van der Waals surface area contributed by atoms with E-state index in [9.17, 15) is 14.4 Å². The van der Waals surface area contributed by atoms with Gasteiger partial charge in [0.1, 0.15) is 10.9 Å². The number of nitrogens with two attached hydrogens (primary N) is 1. The third-order valence-corrected chi connectivity index (χ3v) is 4.09. The van der Waals surface area contributed by atoms with Gasteiger partial charge in [-0.2, -0.15) is 0 Å². The Morgan fingerprint density at radius 2 is 2.16 bits per heavy atom. The number of primary amides is 1. The summed E-state index contributed by atoms with van der Waals surface area (Å²) in [5.41, 5.74) is 5.17. The van der Waals surface area contributed by atoms with Crippen LogP contribution in [0.3, 0.4) is 0 Å². The van der Waals surface area contributed by atoms with Crippen LogP contribution in [0.2, 0.25) is 0 Å². The molecule has 0 saturated carbocycles. The number of nitrogens with zero attached hydrogens (tertiary/aromatic N) is 2. The van der Waals surface area contributed by atoms with Crippen molar-refractivity contribution >= 4 is 33.4 Å². The first-order valence-electron chi connectivity index (χ1n) is 5.37. The van der Waals surface area contributed by atoms with E-state index in [0.29, 0.717) is 10.4 Å². The van der Waals surface area contributed by atoms with E-state index < -0.39 is 23.5 Å². The molecule has 2 aromatic heterocycles. The number of hydrogen-bond acceptors (Lipinski definition) is 5. The highest BCUT2D eigenvalue weighted by Gasteiger charge is 2.21. The summed E-state index contributed by atoms with van der Waals surface area (Å²) in [7, 11) is 0. The number of amides is 1. The Bertz CT molecular complexity index is 746. The van der Waals surface area contributed by atoms with Crippen LogP contribution >= 0.6 is 11.3 Å². The van der Waals surface area contributed by atoms with Gasteiger partial charge in [0.25, 0.3) is 11.5 Å². The van der Waals surface area contributed by atoms with Crippen LogP contribution in [0.5, 0.6) is 0 Å². The van der Waals surface area contributed by atoms with Gasteiger partial charge in [0.05, 0.1) is 16.6 Å². The molecule has 3 N–H and O–H groups in total. The first kappa shape index (κ1) is 13.2. The van der Waals surface area contributed by atoms with Gasteiger partial charge >= 0.3 is 5.97 Å². The number of rotatable bonds is 3. The molecule has 0 aromatic carbocycles. The Labute approximate surface area is 111 Å². The first-order valence-corrected chi connectivity index (χ1v) is 6.19. The predicted molar refractivity (Wildman–Crippen MR) is 69.5 cm³/mol. The molecule has 1 unspecified atom stereocenters. The zero-order valence-electron chi connectivity index (χ0n) is 10.2. The van der Waals surface area contributed by atoms with Gasteiger partial charge in [-0.3, -0.25) is 14.2 Å². The maximum Gasteiger partial charge on any atom is 0.326 e. The molecule has 2 heterocycles. The predicted octanol–water partition coefficient (Wildman–Crippen LogP) is 0.511. The Kier molecular flexibility index (Phi) is 3.11. The summed E-state index contributed by atoms with van der Waals surface area (Å²) in [5.74, 6) is -1.76. The molecule has 100 valence electrons. The van der Waals surface area contributed by atoms with E-state index in [2.05, 4.69) is 4.98 Å². The maximum absolute atomic E-state index is 12.2. The zero-order valence-corrected chi connectivity index (χ0v) is 11.0. The van der Waals surface area contributed by atoms with E-state index in [1.54, 1.807) is 6.92 Å². The van der Waals surface area contributed by atoms with Crippen LogP contribution < -0.4 is 11.3 Å². The molecule has 0 bridgehead atoms. The fraction of sp³-hybridized carbons (Fsp3) is 0.273. The van der Waals surface area contributed by atoms with Crippen LogP contribution in [0, 0.1) is 6.92 Å². The summed E-state index contributed by atoms with van der Waals surface area (Å²) in [4.78, 5) is 39.1. The van der Waals surface area contributed by atoms with E-state index in [1.807, 2.05) is 0 Å². The number of fused-ring (bicyclic) bond motifs is 1. The summed E-state index contributed by atoms with van der Waals surface area (Å²) in [5, 5.41) is 9.18. The second-order valence-electron chi connectivity index (χ2n) is 4.07. The summed E-state index contributed by atoms with van der Waals surface area (Å²) < 4.78 is 1.02. The van der Waals surface area contributed by atoms with Crippen molar-refractivity contribution < 1.29 is 14.7 Å². The molecule has 0 radical (unpaired) electrons. The standard InChI is InChI=1S/C11H11N3O4S/c1-4-6-9(19-7(4)8(12)15)13-3-14(10(6)16)5(2)11(17)18/h3,5H,1-2H3,(H2,12,15)(H,17,18). The van der Waals surface area contributed by atoms with Crippen molar-refractivity contribution in [1.82, 2.24) is 9.55 Å². The number of carboxylic acid groups (broad SMARTS) is 1. The molecule has 7 nitrogen and oxygen atoms in total. The summed E-state index contributed by atoms with van der Waals surface area (Å²) >= 11 is 1.03. The van der Waals surface area contributed by atoms with Gasteiger partial charge in [-0.15, -0.1) is 11.3 Å². The lowest BCUT2D eigenvalue weighted by atomic mass is 10.2. The molecule has 1 amide bonds. The fourth-order valence-corrected chi connectivity index (χ4v) is 2.76. The van der Waals surface area contributed by atoms with Gasteiger partial charge in [-0.25, -0.2) is 9.78 Å². The Hall–Kier alpha value is -2.22. The van der Waals surface area contributed by atoms with Crippen LogP contribution in [0.15, 0.2) is 11.1 Å². The number of aliphatic carboxylic acids is 1. The average Bonchev–Trinajstić information content (AvgIpc) is 2.67. The lowest BCUT2D eigenvalue weighted by molar-refractivity contribution is -0.140. The smallest absolute Gasteiger partial charge is 0.326 e. The average molecular weight is 281 g/mol. The van der Waals surface area contributed by atoms with Crippen molar-refractivity contribution in [2.45, 2.75) is 19.9 Å². The molecule has 0 aliphatic heterocycles. The monoisotopic (exact) mass is 281 g/mol. The van der Waals surface area contributed by atoms with Gasteiger partial charge in [0.2, 0.25) is 0 Å². The third-order valence-electron chi connectivity index (χ3n) is 2.87. The molecule has 2 aromatic rings. The highest BCUT2D eigenvalue weighted by molar-refractivity contribution is 7.20. The number of aryl methyl sites for hydroxylation is 1. The number of aromatic nitrogens is 2. The molecule has 1 atom stereocenters. The Morgan fingerprint density at radius 1 is 1.53 bits per heavy atom. The van der Waals surface area contributed by atoms with Crippen molar-refractivity contribution in [3.63, 3.8) is 0 Å². The van der Waals surface area contributed by atoms with Gasteiger partial charge in [-0.05, 0) is 19.4 Å². The molecule has 2 rings (SSSR count). The number of carbonyl (C=O) groups is 2. The first-order chi connectivity index (χ1) is 8.84. The van der Waals surface area contributed by atoms with E-state index in [4.69, 9.17) is 10.8 Å². The SMILES string of the molecule is Cc1c(C(N)=O)sc2ncn(C(C)C(=O)O)c(=O)c12. The normalized spacial score (nSPS) is 12.5. The van der Waals surface area contributed by atoms with Crippen molar-refractivity contribution in [2.24, 2.45) is 5.73 Å². The Balaban J connectivity index is 2.78. The molecule has 19 heavy (non-hydrogen) atoms. The maximum atomic E-state index is 12.2. The van der Waals surface area contributed by atoms with E-state index >= 15 is 0 Å². The minimum Gasteiger partial charge on any atom is -0.480 e. The largest absolute Gasteiger partial charge is 0.480 e. The summed E-state index contributed by atoms with van der Waals surface area (Å²) in [6.45, 7) is 2.98. The van der Waals surface area contributed by atoms with Crippen molar-refractivity contribution in [3.8, 4) is 0 Å². The topological polar surface area (TPSA) is 115 Å². The lowest BCUT2D eigenvalue weighted by Crippen LogP contribution is -2.28. The molecule has 0 aliphatic rings. The molecule has 0 spiro atoms. The third kappa shape index (κ3) is 1.99. The van der Waals surface area contributed by atoms with Crippen molar-refractivity contribution in [1.29, 1.82) is 0 Å². The van der Waals surface area contributed by atoms with Gasteiger partial charge in [0.15, 0.2) is 0 Å². The molecule has 8 heteroatoms. The highest BCUT2D eigenvalue weighted by Crippen LogP contribution is 2.26. The van der Waals surface area contributed by atoms with Crippen LogP contribution in [0.4, 0.5) is 0 Å². The number of thiophene rings is 1. The number of carboxylic acids is 1. The number of carbonyl (C=O) groups excluding carboxylic acids is 1. The molecule has 0 aliphatic carbocycles. The molecular weight excluding hydrogens is 270 g/mol. The van der Waals surface area contributed by atoms with Gasteiger partial charge < -0.3 is 10.8 Å². The van der Waals surface area contributed by atoms with Crippen LogP contribution in [-0.4, -0.2) is 26.5 Å². The van der Waals surface area contributed by atoms with Crippen molar-refractivity contribution in [2.75, 3.05) is 0 Å². The van der Waals surface area contributed by atoms with E-state index in [0.717, 1.165) is 15.9 Å². The van der Waals surface area contributed by atoms with Crippen LogP contribution in [0.25, 0.3) is 10.2 Å². The minimum atomic E-state index is -1.13. The number of hydrogen-bond donors (Lipinski definition) is 2. The van der Waals surface area contributed by atoms with E-state index in [1.165, 1.54) is 13.3 Å². The Morgan fingerprint density at radius 3 is 2.68 bits per heavy atom. The second-order valence-corrected chi connectivity index (χ2v) is 5.07. The summed E-state index contributed by atoms with van der Waals surface area (Å²) in [6.07, 6.45) is 1.17. The fourth-order valence-electron chi connectivity index (χ4n) is 1.77. The molecular formula is C11H11N3O4S. The zero-order chi connectivity index (χ0) is 14.3. The van der Waals surface area contributed by atoms with Gasteiger partial charge in [0, 0.05) is 0 Å². The van der Waals surface area contributed by atoms with Crippen LogP contribution in [0.1, 0.15) is 28.2 Å².